The number of carbonyl (C=O) groups is 2. The van der Waals surface area contributed by atoms with Crippen molar-refractivity contribution in [2.24, 2.45) is 11.5 Å². The Balaban J connectivity index is 2.26. The van der Waals surface area contributed by atoms with Crippen LogP contribution in [-0.2, 0) is 9.59 Å². The predicted molar refractivity (Wildman–Crippen MR) is 91.5 cm³/mol. The number of rotatable bonds is 5. The lowest BCUT2D eigenvalue weighted by Gasteiger charge is -2.04. The Labute approximate surface area is 138 Å². The first kappa shape index (κ1) is 16.8. The third-order valence-corrected chi connectivity index (χ3v) is 3.24. The lowest BCUT2D eigenvalue weighted by atomic mass is 10.0. The Hall–Kier alpha value is -3.54. The maximum absolute atomic E-state index is 11.4. The van der Waals surface area contributed by atoms with Crippen LogP contribution in [0.25, 0.3) is 17.7 Å². The highest BCUT2D eigenvalue weighted by Gasteiger charge is 2.09. The number of hydrogen-bond donors (Lipinski definition) is 4. The SMILES string of the molecule is NC(=O)C=C(C(N)=O)c1ccc(C=Cc2cc(O)ccc2O)cc1. The predicted octanol–water partition coefficient (Wildman–Crippen LogP) is 1.62. The smallest absolute Gasteiger partial charge is 0.249 e. The van der Waals surface area contributed by atoms with Crippen LogP contribution in [0.3, 0.4) is 0 Å². The Kier molecular flexibility index (Phi) is 5.01. The van der Waals surface area contributed by atoms with Gasteiger partial charge in [-0.1, -0.05) is 36.4 Å². The zero-order valence-electron chi connectivity index (χ0n) is 12.6. The Morgan fingerprint density at radius 3 is 2.17 bits per heavy atom. The van der Waals surface area contributed by atoms with Gasteiger partial charge in [-0.3, -0.25) is 9.59 Å². The van der Waals surface area contributed by atoms with Gasteiger partial charge in [-0.05, 0) is 29.3 Å². The van der Waals surface area contributed by atoms with E-state index in [9.17, 15) is 19.8 Å². The van der Waals surface area contributed by atoms with Crippen molar-refractivity contribution in [1.82, 2.24) is 0 Å². The van der Waals surface area contributed by atoms with E-state index in [4.69, 9.17) is 11.5 Å². The van der Waals surface area contributed by atoms with E-state index in [1.807, 2.05) is 0 Å². The molecule has 0 aliphatic heterocycles. The van der Waals surface area contributed by atoms with Gasteiger partial charge in [0.2, 0.25) is 11.8 Å². The van der Waals surface area contributed by atoms with Crippen LogP contribution in [0.2, 0.25) is 0 Å². The maximum atomic E-state index is 11.4. The average molecular weight is 324 g/mol. The summed E-state index contributed by atoms with van der Waals surface area (Å²) in [7, 11) is 0. The maximum Gasteiger partial charge on any atom is 0.249 e. The molecule has 2 aromatic rings. The van der Waals surface area contributed by atoms with Crippen molar-refractivity contribution >= 4 is 29.5 Å². The fourth-order valence-electron chi connectivity index (χ4n) is 2.07. The molecule has 0 heterocycles. The van der Waals surface area contributed by atoms with Gasteiger partial charge in [0.05, 0.1) is 5.57 Å². The standard InChI is InChI=1S/C18H16N2O4/c19-17(23)10-15(18(20)24)12-4-1-11(2-5-12)3-6-13-9-14(21)7-8-16(13)22/h1-10,21-22H,(H2,19,23)(H2,20,24). The van der Waals surface area contributed by atoms with Gasteiger partial charge < -0.3 is 21.7 Å². The minimum Gasteiger partial charge on any atom is -0.508 e. The number of hydrogen-bond acceptors (Lipinski definition) is 4. The minimum atomic E-state index is -0.757. The second kappa shape index (κ2) is 7.15. The number of carbonyl (C=O) groups excluding carboxylic acids is 2. The van der Waals surface area contributed by atoms with Gasteiger partial charge in [-0.15, -0.1) is 0 Å². The zero-order valence-corrected chi connectivity index (χ0v) is 12.6. The summed E-state index contributed by atoms with van der Waals surface area (Å²) >= 11 is 0. The first-order chi connectivity index (χ1) is 11.4. The average Bonchev–Trinajstić information content (AvgIpc) is 2.53. The molecule has 0 radical (unpaired) electrons. The second-order valence-corrected chi connectivity index (χ2v) is 5.02. The van der Waals surface area contributed by atoms with Crippen LogP contribution in [0, 0.1) is 0 Å². The van der Waals surface area contributed by atoms with E-state index in [0.29, 0.717) is 11.1 Å². The van der Waals surface area contributed by atoms with Crippen molar-refractivity contribution in [2.75, 3.05) is 0 Å². The van der Waals surface area contributed by atoms with Crippen molar-refractivity contribution in [3.63, 3.8) is 0 Å². The third-order valence-electron chi connectivity index (χ3n) is 3.24. The molecule has 0 spiro atoms. The molecule has 0 unspecified atom stereocenters. The lowest BCUT2D eigenvalue weighted by molar-refractivity contribution is -0.115. The first-order valence-electron chi connectivity index (χ1n) is 6.98. The van der Waals surface area contributed by atoms with Crippen LogP contribution in [0.1, 0.15) is 16.7 Å². The molecule has 0 fully saturated rings. The zero-order chi connectivity index (χ0) is 17.7. The molecule has 6 heteroatoms. The molecule has 0 saturated heterocycles. The molecule has 2 amide bonds. The summed E-state index contributed by atoms with van der Waals surface area (Å²) in [6, 6.07) is 10.9. The molecule has 6 nitrogen and oxygen atoms in total. The highest BCUT2D eigenvalue weighted by molar-refractivity contribution is 6.22. The van der Waals surface area contributed by atoms with Crippen LogP contribution in [0.4, 0.5) is 0 Å². The fraction of sp³-hybridized carbons (Fsp3) is 0. The van der Waals surface area contributed by atoms with Gasteiger partial charge >= 0.3 is 0 Å². The molecule has 24 heavy (non-hydrogen) atoms. The second-order valence-electron chi connectivity index (χ2n) is 5.02. The molecule has 6 N–H and O–H groups in total. The molecular weight excluding hydrogens is 308 g/mol. The van der Waals surface area contributed by atoms with Gasteiger partial charge in [0, 0.05) is 11.6 Å². The molecule has 122 valence electrons. The summed E-state index contributed by atoms with van der Waals surface area (Å²) in [5.41, 5.74) is 12.0. The number of primary amides is 2. The Morgan fingerprint density at radius 2 is 1.58 bits per heavy atom. The molecule has 0 bridgehead atoms. The number of benzene rings is 2. The molecular formula is C18H16N2O4. The van der Waals surface area contributed by atoms with Gasteiger partial charge in [0.1, 0.15) is 11.5 Å². The van der Waals surface area contributed by atoms with Crippen LogP contribution in [-0.4, -0.2) is 22.0 Å². The monoisotopic (exact) mass is 324 g/mol. The van der Waals surface area contributed by atoms with E-state index < -0.39 is 11.8 Å². The van der Waals surface area contributed by atoms with E-state index in [-0.39, 0.29) is 17.1 Å². The minimum absolute atomic E-state index is 0.0312. The van der Waals surface area contributed by atoms with Crippen molar-refractivity contribution in [3.05, 3.63) is 65.2 Å². The van der Waals surface area contributed by atoms with Crippen molar-refractivity contribution in [1.29, 1.82) is 0 Å². The van der Waals surface area contributed by atoms with Gasteiger partial charge in [0.15, 0.2) is 0 Å². The highest BCUT2D eigenvalue weighted by Crippen LogP contribution is 2.24. The summed E-state index contributed by atoms with van der Waals surface area (Å²) in [6.07, 6.45) is 4.34. The number of nitrogens with two attached hydrogens (primary N) is 2. The van der Waals surface area contributed by atoms with E-state index in [2.05, 4.69) is 0 Å². The summed E-state index contributed by atoms with van der Waals surface area (Å²) in [5.74, 6) is -1.42. The molecule has 0 aromatic heterocycles. The van der Waals surface area contributed by atoms with E-state index in [1.165, 1.54) is 18.2 Å². The Bertz CT molecular complexity index is 837. The summed E-state index contributed by atoms with van der Waals surface area (Å²) in [4.78, 5) is 22.3. The summed E-state index contributed by atoms with van der Waals surface area (Å²) in [5, 5.41) is 19.1. The molecule has 0 aliphatic carbocycles. The molecule has 2 aromatic carbocycles. The summed E-state index contributed by atoms with van der Waals surface area (Å²) in [6.45, 7) is 0. The number of phenols is 2. The van der Waals surface area contributed by atoms with Gasteiger partial charge in [0.25, 0.3) is 0 Å². The van der Waals surface area contributed by atoms with Crippen molar-refractivity contribution in [3.8, 4) is 11.5 Å². The molecule has 0 aliphatic rings. The van der Waals surface area contributed by atoms with Crippen LogP contribution in [0.5, 0.6) is 11.5 Å². The van der Waals surface area contributed by atoms with Crippen LogP contribution >= 0.6 is 0 Å². The topological polar surface area (TPSA) is 127 Å². The normalized spacial score (nSPS) is 11.6. The number of phenolic OH excluding ortho intramolecular Hbond substituents is 2. The van der Waals surface area contributed by atoms with E-state index in [0.717, 1.165) is 11.6 Å². The van der Waals surface area contributed by atoms with Crippen LogP contribution < -0.4 is 11.5 Å². The van der Waals surface area contributed by atoms with Crippen molar-refractivity contribution < 1.29 is 19.8 Å². The molecule has 0 saturated carbocycles. The third kappa shape index (κ3) is 4.23. The largest absolute Gasteiger partial charge is 0.508 e. The lowest BCUT2D eigenvalue weighted by Crippen LogP contribution is -2.16. The Morgan fingerprint density at radius 1 is 0.917 bits per heavy atom. The number of aromatic hydroxyl groups is 2. The fourth-order valence-corrected chi connectivity index (χ4v) is 2.07. The molecule has 2 rings (SSSR count). The van der Waals surface area contributed by atoms with Gasteiger partial charge in [-0.2, -0.15) is 0 Å². The van der Waals surface area contributed by atoms with E-state index >= 15 is 0 Å². The quantitative estimate of drug-likeness (QED) is 0.378. The molecule has 0 atom stereocenters. The first-order valence-corrected chi connectivity index (χ1v) is 6.98. The summed E-state index contributed by atoms with van der Waals surface area (Å²) < 4.78 is 0. The number of amides is 2. The van der Waals surface area contributed by atoms with Crippen molar-refractivity contribution in [2.45, 2.75) is 0 Å². The van der Waals surface area contributed by atoms with Gasteiger partial charge in [-0.25, -0.2) is 0 Å². The van der Waals surface area contributed by atoms with E-state index in [1.54, 1.807) is 36.4 Å². The highest BCUT2D eigenvalue weighted by atomic mass is 16.3. The van der Waals surface area contributed by atoms with Crippen LogP contribution in [0.15, 0.2) is 48.5 Å².